The molecule has 0 amide bonds. The number of esters is 1. The third kappa shape index (κ3) is 8.66. The summed E-state index contributed by atoms with van der Waals surface area (Å²) in [6, 6.07) is -0.129. The molecular formula is C40H71NO12. The van der Waals surface area contributed by atoms with Gasteiger partial charge in [-0.1, -0.05) is 34.1 Å². The van der Waals surface area contributed by atoms with Gasteiger partial charge in [-0.25, -0.2) is 0 Å². The van der Waals surface area contributed by atoms with Crippen LogP contribution in [-0.2, 0) is 38.0 Å². The van der Waals surface area contributed by atoms with Crippen LogP contribution in [0.5, 0.6) is 0 Å². The average Bonchev–Trinajstić information content (AvgIpc) is 3.44. The van der Waals surface area contributed by atoms with Gasteiger partial charge in [-0.05, 0) is 92.7 Å². The second kappa shape index (κ2) is 16.9. The molecule has 308 valence electrons. The summed E-state index contributed by atoms with van der Waals surface area (Å²) in [4.78, 5) is 16.7. The van der Waals surface area contributed by atoms with Crippen LogP contribution in [0.15, 0.2) is 0 Å². The number of likely N-dealkylation sites (tertiary alicyclic amines) is 1. The highest BCUT2D eigenvalue weighted by Gasteiger charge is 2.59. The van der Waals surface area contributed by atoms with E-state index in [0.29, 0.717) is 12.8 Å². The van der Waals surface area contributed by atoms with Crippen LogP contribution >= 0.6 is 0 Å². The van der Waals surface area contributed by atoms with Crippen molar-refractivity contribution < 1.29 is 58.4 Å². The molecule has 13 heteroatoms. The second-order valence-electron chi connectivity index (χ2n) is 17.9. The Bertz CT molecular complexity index is 1220. The van der Waals surface area contributed by atoms with Crippen LogP contribution in [0, 0.1) is 23.7 Å². The van der Waals surface area contributed by atoms with Gasteiger partial charge in [-0.3, -0.25) is 9.69 Å². The highest BCUT2D eigenvalue weighted by Crippen LogP contribution is 2.48. The summed E-state index contributed by atoms with van der Waals surface area (Å²) in [5.74, 6) is -2.64. The van der Waals surface area contributed by atoms with Gasteiger partial charge in [0.1, 0.15) is 23.9 Å². The first-order valence-corrected chi connectivity index (χ1v) is 20.3. The lowest BCUT2D eigenvalue weighted by molar-refractivity contribution is -0.319. The van der Waals surface area contributed by atoms with E-state index < -0.39 is 102 Å². The Labute approximate surface area is 317 Å². The zero-order valence-corrected chi connectivity index (χ0v) is 34.1. The van der Waals surface area contributed by atoms with Gasteiger partial charge >= 0.3 is 5.97 Å². The second-order valence-corrected chi connectivity index (χ2v) is 17.9. The van der Waals surface area contributed by atoms with E-state index in [1.807, 2.05) is 27.7 Å². The minimum atomic E-state index is -1.78. The number of piperidine rings is 1. The molecule has 13 nitrogen and oxygen atoms in total. The van der Waals surface area contributed by atoms with E-state index in [2.05, 4.69) is 11.8 Å². The van der Waals surface area contributed by atoms with E-state index in [1.165, 1.54) is 13.3 Å². The first-order valence-electron chi connectivity index (χ1n) is 20.3. The third-order valence-corrected chi connectivity index (χ3v) is 13.6. The van der Waals surface area contributed by atoms with Crippen molar-refractivity contribution in [3.05, 3.63) is 0 Å². The molecule has 5 rings (SSSR count). The summed E-state index contributed by atoms with van der Waals surface area (Å²) in [7, 11) is 1.54. The monoisotopic (exact) mass is 757 g/mol. The summed E-state index contributed by atoms with van der Waals surface area (Å²) in [6.45, 7) is 20.4. The molecule has 2 bridgehead atoms. The van der Waals surface area contributed by atoms with Crippen molar-refractivity contribution >= 4 is 5.97 Å². The highest BCUT2D eigenvalue weighted by molar-refractivity contribution is 5.73. The number of cyclic esters (lactones) is 1. The maximum absolute atomic E-state index is 14.4. The van der Waals surface area contributed by atoms with Crippen LogP contribution in [0.1, 0.15) is 114 Å². The minimum Gasteiger partial charge on any atom is -0.459 e. The number of fused-ring (bicyclic) bond motifs is 2. The fourth-order valence-corrected chi connectivity index (χ4v) is 10.3. The number of methoxy groups -OCH3 is 1. The van der Waals surface area contributed by atoms with E-state index in [9.17, 15) is 25.2 Å². The fraction of sp³-hybridized carbons (Fsp3) is 0.975. The van der Waals surface area contributed by atoms with Crippen molar-refractivity contribution in [2.45, 2.75) is 205 Å². The van der Waals surface area contributed by atoms with Gasteiger partial charge in [0.15, 0.2) is 12.6 Å². The van der Waals surface area contributed by atoms with Gasteiger partial charge in [0.05, 0.1) is 53.7 Å². The average molecular weight is 758 g/mol. The SMILES string of the molecule is CC[C@@H](O)[C@@](C)(O)[C@@H]1OC(=O)[C@H](C)[C@@H](O[C@H]2C[C@@](C)(OC)[C@@H](O)[C@H](C)O2)[C@H](C)[C@@H](O[C@@H]2O[C@H](C)C[C@H](N3CCCCC3)[C@H]2O)[C@@]2(C)C[C@@H](C)[C@H](O2)[C@@H]1C. The van der Waals surface area contributed by atoms with Crippen LogP contribution in [0.25, 0.3) is 0 Å². The minimum absolute atomic E-state index is 0.0519. The molecule has 19 atom stereocenters. The highest BCUT2D eigenvalue weighted by atomic mass is 16.7. The summed E-state index contributed by atoms with van der Waals surface area (Å²) in [5, 5.41) is 45.8. The van der Waals surface area contributed by atoms with Gasteiger partial charge < -0.3 is 53.6 Å². The normalized spacial score (nSPS) is 49.4. The predicted molar refractivity (Wildman–Crippen MR) is 196 cm³/mol. The molecule has 0 spiro atoms. The molecule has 0 aromatic carbocycles. The topological polar surface area (TPSA) is 166 Å². The number of nitrogens with zero attached hydrogens (tertiary/aromatic N) is 1. The number of ether oxygens (including phenoxy) is 7. The van der Waals surface area contributed by atoms with E-state index in [0.717, 1.165) is 25.9 Å². The standard InChI is InChI=1S/C40H71NO12/c1-12-28(42)40(10,46)35-23(4)31-21(2)19-39(9,53-31)34(52-37-30(43)27(18-22(3)48-37)41-16-14-13-15-17-41)24(5)32(25(6)36(45)51-35)50-29-20-38(8,47-11)33(44)26(7)49-29/h21-35,37,42-44,46H,12-20H2,1-11H3/t21-,22-,23+,24+,25-,26+,27+,28-,29+,30-,31+,32+,33+,34-,35-,37+,38-,39-,40-/m1/s1. The van der Waals surface area contributed by atoms with Crippen LogP contribution < -0.4 is 0 Å². The third-order valence-electron chi connectivity index (χ3n) is 13.6. The number of aliphatic hydroxyl groups is 4. The summed E-state index contributed by atoms with van der Waals surface area (Å²) < 4.78 is 45.6. The van der Waals surface area contributed by atoms with Crippen LogP contribution in [-0.4, -0.2) is 142 Å². The quantitative estimate of drug-likeness (QED) is 0.253. The number of aliphatic hydroxyl groups excluding tert-OH is 3. The van der Waals surface area contributed by atoms with Crippen LogP contribution in [0.3, 0.4) is 0 Å². The van der Waals surface area contributed by atoms with Gasteiger partial charge in [0.2, 0.25) is 0 Å². The summed E-state index contributed by atoms with van der Waals surface area (Å²) in [5.41, 5.74) is -3.71. The maximum atomic E-state index is 14.4. The van der Waals surface area contributed by atoms with Crippen molar-refractivity contribution in [2.24, 2.45) is 23.7 Å². The van der Waals surface area contributed by atoms with Gasteiger partial charge in [0, 0.05) is 31.4 Å². The van der Waals surface area contributed by atoms with Crippen molar-refractivity contribution in [2.75, 3.05) is 20.2 Å². The number of carbonyl (C=O) groups is 1. The molecule has 5 aliphatic rings. The molecule has 0 saturated carbocycles. The molecule has 53 heavy (non-hydrogen) atoms. The molecule has 5 aliphatic heterocycles. The smallest absolute Gasteiger partial charge is 0.311 e. The molecule has 4 N–H and O–H groups in total. The molecular weight excluding hydrogens is 686 g/mol. The Balaban J connectivity index is 1.57. The Morgan fingerprint density at radius 3 is 2.26 bits per heavy atom. The van der Waals surface area contributed by atoms with Crippen molar-refractivity contribution in [1.29, 1.82) is 0 Å². The first-order chi connectivity index (χ1) is 24.8. The Morgan fingerprint density at radius 1 is 0.981 bits per heavy atom. The Hall–Kier alpha value is -0.970. The van der Waals surface area contributed by atoms with Gasteiger partial charge in [0.25, 0.3) is 0 Å². The maximum Gasteiger partial charge on any atom is 0.311 e. The molecule has 0 unspecified atom stereocenters. The molecule has 5 fully saturated rings. The lowest BCUT2D eigenvalue weighted by Crippen LogP contribution is -2.61. The molecule has 5 heterocycles. The lowest BCUT2D eigenvalue weighted by Gasteiger charge is -2.49. The van der Waals surface area contributed by atoms with Crippen LogP contribution in [0.4, 0.5) is 0 Å². The Morgan fingerprint density at radius 2 is 1.64 bits per heavy atom. The number of carbonyl (C=O) groups excluding carboxylic acids is 1. The summed E-state index contributed by atoms with van der Waals surface area (Å²) >= 11 is 0. The van der Waals surface area contributed by atoms with Crippen molar-refractivity contribution in [1.82, 2.24) is 4.90 Å². The molecule has 0 aliphatic carbocycles. The van der Waals surface area contributed by atoms with Gasteiger partial charge in [-0.2, -0.15) is 0 Å². The molecule has 0 radical (unpaired) electrons. The van der Waals surface area contributed by atoms with Gasteiger partial charge in [-0.15, -0.1) is 0 Å². The fourth-order valence-electron chi connectivity index (χ4n) is 10.3. The zero-order valence-electron chi connectivity index (χ0n) is 34.1. The van der Waals surface area contributed by atoms with E-state index in [-0.39, 0.29) is 30.9 Å². The van der Waals surface area contributed by atoms with Crippen molar-refractivity contribution in [3.63, 3.8) is 0 Å². The molecule has 5 saturated heterocycles. The molecule has 0 aromatic heterocycles. The predicted octanol–water partition coefficient (Wildman–Crippen LogP) is 3.55. The van der Waals surface area contributed by atoms with E-state index in [4.69, 9.17) is 33.2 Å². The lowest BCUT2D eigenvalue weighted by atomic mass is 9.76. The first kappa shape index (κ1) is 43.2. The number of hydrogen-bond donors (Lipinski definition) is 4. The van der Waals surface area contributed by atoms with Crippen molar-refractivity contribution in [3.8, 4) is 0 Å². The summed E-state index contributed by atoms with van der Waals surface area (Å²) in [6.07, 6.45) is -3.78. The molecule has 0 aromatic rings. The van der Waals surface area contributed by atoms with Crippen LogP contribution in [0.2, 0.25) is 0 Å². The number of hydrogen-bond acceptors (Lipinski definition) is 13. The van der Waals surface area contributed by atoms with E-state index in [1.54, 1.807) is 34.8 Å². The largest absolute Gasteiger partial charge is 0.459 e. The number of rotatable bonds is 9. The zero-order chi connectivity index (χ0) is 39.2. The van der Waals surface area contributed by atoms with E-state index >= 15 is 0 Å². The Kier molecular flexibility index (Phi) is 13.7.